The second kappa shape index (κ2) is 9.76. The smallest absolute Gasteiger partial charge is 0.317 e. The van der Waals surface area contributed by atoms with Gasteiger partial charge in [-0.1, -0.05) is 24.3 Å². The van der Waals surface area contributed by atoms with Crippen LogP contribution in [0.15, 0.2) is 65.8 Å². The van der Waals surface area contributed by atoms with Crippen LogP contribution in [0.1, 0.15) is 16.7 Å². The molecular weight excluding hydrogens is 438 g/mol. The molecule has 2 heterocycles. The molecule has 0 aliphatic carbocycles. The first kappa shape index (κ1) is 23.0. The van der Waals surface area contributed by atoms with Crippen molar-refractivity contribution in [1.29, 1.82) is 0 Å². The number of sulfonamides is 1. The van der Waals surface area contributed by atoms with E-state index in [-0.39, 0.29) is 19.1 Å². The molecule has 0 bridgehead atoms. The van der Waals surface area contributed by atoms with E-state index in [4.69, 9.17) is 0 Å². The van der Waals surface area contributed by atoms with Crippen LogP contribution in [0.2, 0.25) is 0 Å². The molecule has 174 valence electrons. The number of carbonyl (C=O) groups is 1. The summed E-state index contributed by atoms with van der Waals surface area (Å²) in [5.74, 6) is 0. The van der Waals surface area contributed by atoms with Crippen molar-refractivity contribution in [3.05, 3.63) is 77.6 Å². The number of aromatic nitrogens is 2. The second-order valence-corrected chi connectivity index (χ2v) is 10.2. The number of urea groups is 1. The molecule has 2 aromatic carbocycles. The Morgan fingerprint density at radius 3 is 2.42 bits per heavy atom. The van der Waals surface area contributed by atoms with Crippen LogP contribution in [0, 0.1) is 13.8 Å². The van der Waals surface area contributed by atoms with Crippen molar-refractivity contribution in [2.24, 2.45) is 0 Å². The molecule has 2 amide bonds. The van der Waals surface area contributed by atoms with Crippen molar-refractivity contribution < 1.29 is 13.2 Å². The molecule has 0 saturated carbocycles. The van der Waals surface area contributed by atoms with E-state index in [0.29, 0.717) is 31.0 Å². The van der Waals surface area contributed by atoms with Gasteiger partial charge in [0.2, 0.25) is 10.0 Å². The minimum absolute atomic E-state index is 0.160. The Hall–Kier alpha value is -3.17. The third-order valence-electron chi connectivity index (χ3n) is 5.88. The molecule has 33 heavy (non-hydrogen) atoms. The van der Waals surface area contributed by atoms with Gasteiger partial charge in [0.05, 0.1) is 10.6 Å². The minimum atomic E-state index is -3.57. The molecule has 1 fully saturated rings. The molecule has 1 aliphatic heterocycles. The number of nitrogens with zero attached hydrogens (tertiary/aromatic N) is 4. The molecule has 1 aromatic heterocycles. The number of piperazine rings is 1. The molecular formula is C24H29N5O3S. The molecule has 1 N–H and O–H groups in total. The first-order valence-electron chi connectivity index (χ1n) is 11.0. The number of amides is 2. The van der Waals surface area contributed by atoms with Crippen LogP contribution >= 0.6 is 0 Å². The van der Waals surface area contributed by atoms with E-state index in [9.17, 15) is 13.2 Å². The van der Waals surface area contributed by atoms with E-state index in [1.807, 2.05) is 55.6 Å². The zero-order chi connectivity index (χ0) is 23.4. The molecule has 9 heteroatoms. The number of hydrogen-bond acceptors (Lipinski definition) is 4. The lowest BCUT2D eigenvalue weighted by molar-refractivity contribution is 0.172. The van der Waals surface area contributed by atoms with Crippen molar-refractivity contribution in [2.45, 2.75) is 25.2 Å². The molecule has 1 aliphatic rings. The van der Waals surface area contributed by atoms with Gasteiger partial charge in [0, 0.05) is 45.1 Å². The molecule has 1 saturated heterocycles. The highest BCUT2D eigenvalue weighted by atomic mass is 32.2. The minimum Gasteiger partial charge on any atom is -0.338 e. The van der Waals surface area contributed by atoms with Crippen LogP contribution in [0.4, 0.5) is 4.79 Å². The Morgan fingerprint density at radius 1 is 1.03 bits per heavy atom. The molecule has 0 radical (unpaired) electrons. The summed E-state index contributed by atoms with van der Waals surface area (Å²) < 4.78 is 29.4. The van der Waals surface area contributed by atoms with Crippen molar-refractivity contribution in [1.82, 2.24) is 24.3 Å². The van der Waals surface area contributed by atoms with Gasteiger partial charge < -0.3 is 10.2 Å². The first-order valence-corrected chi connectivity index (χ1v) is 12.5. The van der Waals surface area contributed by atoms with Crippen molar-refractivity contribution in [3.63, 3.8) is 0 Å². The van der Waals surface area contributed by atoms with Crippen molar-refractivity contribution in [2.75, 3.05) is 32.7 Å². The summed E-state index contributed by atoms with van der Waals surface area (Å²) >= 11 is 0. The van der Waals surface area contributed by atoms with Gasteiger partial charge >= 0.3 is 6.03 Å². The van der Waals surface area contributed by atoms with E-state index < -0.39 is 10.0 Å². The average Bonchev–Trinajstić information content (AvgIpc) is 3.36. The van der Waals surface area contributed by atoms with Crippen LogP contribution < -0.4 is 5.32 Å². The van der Waals surface area contributed by atoms with E-state index in [1.54, 1.807) is 28.8 Å². The zero-order valence-corrected chi connectivity index (χ0v) is 19.8. The lowest BCUT2D eigenvalue weighted by Gasteiger charge is -2.34. The highest BCUT2D eigenvalue weighted by Gasteiger charge is 2.31. The van der Waals surface area contributed by atoms with Crippen LogP contribution in [-0.2, 0) is 16.4 Å². The molecule has 4 rings (SSSR count). The maximum absolute atomic E-state index is 13.1. The molecule has 0 spiro atoms. The Balaban J connectivity index is 1.26. The topological polar surface area (TPSA) is 87.5 Å². The van der Waals surface area contributed by atoms with E-state index in [0.717, 1.165) is 22.4 Å². The monoisotopic (exact) mass is 467 g/mol. The fourth-order valence-corrected chi connectivity index (χ4v) is 5.65. The Labute approximate surface area is 194 Å². The lowest BCUT2D eigenvalue weighted by Crippen LogP contribution is -2.53. The van der Waals surface area contributed by atoms with Gasteiger partial charge in [0.25, 0.3) is 0 Å². The largest absolute Gasteiger partial charge is 0.338 e. The third-order valence-corrected chi connectivity index (χ3v) is 7.92. The summed E-state index contributed by atoms with van der Waals surface area (Å²) in [6.07, 6.45) is 4.34. The summed E-state index contributed by atoms with van der Waals surface area (Å²) in [5.41, 5.74) is 3.75. The Bertz CT molecular complexity index is 1200. The average molecular weight is 468 g/mol. The van der Waals surface area contributed by atoms with E-state index >= 15 is 0 Å². The number of rotatable bonds is 6. The van der Waals surface area contributed by atoms with Gasteiger partial charge in [-0.3, -0.25) is 0 Å². The number of carbonyl (C=O) groups excluding carboxylic acids is 1. The molecule has 3 aromatic rings. The van der Waals surface area contributed by atoms with Crippen LogP contribution in [-0.4, -0.2) is 66.2 Å². The van der Waals surface area contributed by atoms with E-state index in [2.05, 4.69) is 10.4 Å². The number of benzene rings is 2. The maximum Gasteiger partial charge on any atom is 0.317 e. The fourth-order valence-electron chi connectivity index (χ4n) is 3.92. The van der Waals surface area contributed by atoms with Gasteiger partial charge in [0.1, 0.15) is 0 Å². The predicted octanol–water partition coefficient (Wildman–Crippen LogP) is 2.75. The van der Waals surface area contributed by atoms with E-state index in [1.165, 1.54) is 4.31 Å². The van der Waals surface area contributed by atoms with Gasteiger partial charge in [-0.25, -0.2) is 17.9 Å². The first-order chi connectivity index (χ1) is 15.8. The van der Waals surface area contributed by atoms with Gasteiger partial charge in [-0.05, 0) is 61.2 Å². The quantitative estimate of drug-likeness (QED) is 0.604. The normalized spacial score (nSPS) is 14.9. The lowest BCUT2D eigenvalue weighted by atomic mass is 10.1. The SMILES string of the molecule is Cc1ccc(C)c(S(=O)(=O)N2CCN(C(=O)NCCc3ccc(-n4cccn4)cc3)CC2)c1. The summed E-state index contributed by atoms with van der Waals surface area (Å²) in [6.45, 7) is 5.52. The summed E-state index contributed by atoms with van der Waals surface area (Å²) in [4.78, 5) is 14.6. The highest BCUT2D eigenvalue weighted by Crippen LogP contribution is 2.22. The van der Waals surface area contributed by atoms with Gasteiger partial charge in [0.15, 0.2) is 0 Å². The zero-order valence-electron chi connectivity index (χ0n) is 18.9. The van der Waals surface area contributed by atoms with Crippen LogP contribution in [0.5, 0.6) is 0 Å². The number of aryl methyl sites for hydroxylation is 2. The summed E-state index contributed by atoms with van der Waals surface area (Å²) in [5, 5.41) is 7.16. The number of hydrogen-bond donors (Lipinski definition) is 1. The summed E-state index contributed by atoms with van der Waals surface area (Å²) in [7, 11) is -3.57. The van der Waals surface area contributed by atoms with Crippen molar-refractivity contribution in [3.8, 4) is 5.69 Å². The fraction of sp³-hybridized carbons (Fsp3) is 0.333. The molecule has 8 nitrogen and oxygen atoms in total. The van der Waals surface area contributed by atoms with Crippen LogP contribution in [0.25, 0.3) is 5.69 Å². The maximum atomic E-state index is 13.1. The molecule has 0 unspecified atom stereocenters. The summed E-state index contributed by atoms with van der Waals surface area (Å²) in [6, 6.07) is 15.2. The van der Waals surface area contributed by atoms with Gasteiger partial charge in [-0.15, -0.1) is 0 Å². The molecule has 0 atom stereocenters. The second-order valence-electron chi connectivity index (χ2n) is 8.26. The van der Waals surface area contributed by atoms with Crippen LogP contribution in [0.3, 0.4) is 0 Å². The highest BCUT2D eigenvalue weighted by molar-refractivity contribution is 7.89. The predicted molar refractivity (Wildman–Crippen MR) is 127 cm³/mol. The van der Waals surface area contributed by atoms with Crippen molar-refractivity contribution >= 4 is 16.1 Å². The Kier molecular flexibility index (Phi) is 6.80. The van der Waals surface area contributed by atoms with Gasteiger partial charge in [-0.2, -0.15) is 9.40 Å². The Morgan fingerprint density at radius 2 is 1.76 bits per heavy atom. The standard InChI is InChI=1S/C24H29N5O3S/c1-19-4-5-20(2)23(18-19)33(31,32)28-16-14-27(15-17-28)24(30)25-12-10-21-6-8-22(9-7-21)29-13-3-11-26-29/h3-9,11,13,18H,10,12,14-17H2,1-2H3,(H,25,30). The number of nitrogens with one attached hydrogen (secondary N) is 1. The third kappa shape index (κ3) is 5.26.